The van der Waals surface area contributed by atoms with Gasteiger partial charge in [0.2, 0.25) is 0 Å². The maximum Gasteiger partial charge on any atom is 0.335 e. The number of aromatic carboxylic acids is 1. The molecule has 0 saturated heterocycles. The van der Waals surface area contributed by atoms with Crippen LogP contribution >= 0.6 is 11.3 Å². The number of rotatable bonds is 5. The fourth-order valence-corrected chi connectivity index (χ4v) is 2.35. The standard InChI is InChI=1S/C14H14N2O4S/c1-20-12-3-2-10(13(17)18)6-11(12)16-14(19)15-7-9-4-5-21-8-9/h2-6,8H,7H2,1H3,(H,17,18)(H2,15,16,19). The first-order valence-corrected chi connectivity index (χ1v) is 7.01. The maximum atomic E-state index is 11.8. The smallest absolute Gasteiger partial charge is 0.335 e. The average molecular weight is 306 g/mol. The van der Waals surface area contributed by atoms with Crippen LogP contribution in [-0.4, -0.2) is 24.2 Å². The molecule has 0 unspecified atom stereocenters. The average Bonchev–Trinajstić information content (AvgIpc) is 2.98. The number of carboxylic acids is 1. The molecule has 0 aliphatic heterocycles. The monoisotopic (exact) mass is 306 g/mol. The summed E-state index contributed by atoms with van der Waals surface area (Å²) in [5, 5.41) is 18.1. The lowest BCUT2D eigenvalue weighted by atomic mass is 10.2. The molecule has 3 N–H and O–H groups in total. The van der Waals surface area contributed by atoms with Crippen LogP contribution in [0.15, 0.2) is 35.0 Å². The lowest BCUT2D eigenvalue weighted by Crippen LogP contribution is -2.28. The number of carbonyl (C=O) groups is 2. The Morgan fingerprint density at radius 2 is 2.14 bits per heavy atom. The molecule has 0 spiro atoms. The summed E-state index contributed by atoms with van der Waals surface area (Å²) in [5.74, 6) is -0.676. The van der Waals surface area contributed by atoms with E-state index in [1.54, 1.807) is 11.3 Å². The highest BCUT2D eigenvalue weighted by molar-refractivity contribution is 7.07. The summed E-state index contributed by atoms with van der Waals surface area (Å²) in [7, 11) is 1.45. The Hall–Kier alpha value is -2.54. The quantitative estimate of drug-likeness (QED) is 0.792. The van der Waals surface area contributed by atoms with E-state index >= 15 is 0 Å². The number of carboxylic acid groups (broad SMARTS) is 1. The van der Waals surface area contributed by atoms with Gasteiger partial charge in [-0.05, 0) is 40.6 Å². The largest absolute Gasteiger partial charge is 0.495 e. The topological polar surface area (TPSA) is 87.7 Å². The number of hydrogen-bond donors (Lipinski definition) is 3. The summed E-state index contributed by atoms with van der Waals surface area (Å²) >= 11 is 1.55. The zero-order valence-electron chi connectivity index (χ0n) is 11.3. The van der Waals surface area contributed by atoms with Crippen molar-refractivity contribution >= 4 is 29.0 Å². The highest BCUT2D eigenvalue weighted by Gasteiger charge is 2.11. The highest BCUT2D eigenvalue weighted by Crippen LogP contribution is 2.25. The van der Waals surface area contributed by atoms with Gasteiger partial charge < -0.3 is 20.5 Å². The number of nitrogens with one attached hydrogen (secondary N) is 2. The van der Waals surface area contributed by atoms with Crippen molar-refractivity contribution in [3.8, 4) is 5.75 Å². The Balaban J connectivity index is 2.04. The summed E-state index contributed by atoms with van der Waals surface area (Å²) in [6.07, 6.45) is 0. The number of urea groups is 1. The Bertz CT molecular complexity index is 640. The number of methoxy groups -OCH3 is 1. The molecule has 0 saturated carbocycles. The minimum absolute atomic E-state index is 0.0731. The van der Waals surface area contributed by atoms with Crippen LogP contribution in [0.1, 0.15) is 15.9 Å². The van der Waals surface area contributed by atoms with Gasteiger partial charge in [-0.25, -0.2) is 9.59 Å². The van der Waals surface area contributed by atoms with Crippen molar-refractivity contribution in [3.63, 3.8) is 0 Å². The molecule has 110 valence electrons. The second-order valence-electron chi connectivity index (χ2n) is 4.16. The highest BCUT2D eigenvalue weighted by atomic mass is 32.1. The lowest BCUT2D eigenvalue weighted by molar-refractivity contribution is 0.0697. The number of anilines is 1. The van der Waals surface area contributed by atoms with E-state index in [2.05, 4.69) is 10.6 Å². The zero-order chi connectivity index (χ0) is 15.2. The van der Waals surface area contributed by atoms with E-state index in [0.717, 1.165) is 5.56 Å². The predicted molar refractivity (Wildman–Crippen MR) is 80.1 cm³/mol. The third-order valence-corrected chi connectivity index (χ3v) is 3.46. The number of amides is 2. The van der Waals surface area contributed by atoms with Gasteiger partial charge in [-0.3, -0.25) is 0 Å². The van der Waals surface area contributed by atoms with Crippen LogP contribution in [0.25, 0.3) is 0 Å². The van der Waals surface area contributed by atoms with Crippen LogP contribution in [-0.2, 0) is 6.54 Å². The van der Waals surface area contributed by atoms with Gasteiger partial charge in [-0.1, -0.05) is 0 Å². The SMILES string of the molecule is COc1ccc(C(=O)O)cc1NC(=O)NCc1ccsc1. The minimum atomic E-state index is -1.07. The van der Waals surface area contributed by atoms with E-state index < -0.39 is 12.0 Å². The third kappa shape index (κ3) is 3.96. The predicted octanol–water partition coefficient (Wildman–Crippen LogP) is 2.78. The molecule has 2 aromatic rings. The molecule has 1 aromatic heterocycles. The van der Waals surface area contributed by atoms with Crippen molar-refractivity contribution in [2.45, 2.75) is 6.54 Å². The van der Waals surface area contributed by atoms with Gasteiger partial charge in [0.15, 0.2) is 0 Å². The fourth-order valence-electron chi connectivity index (χ4n) is 1.68. The molecule has 2 amide bonds. The summed E-state index contributed by atoms with van der Waals surface area (Å²) in [6.45, 7) is 0.399. The van der Waals surface area contributed by atoms with Gasteiger partial charge in [0, 0.05) is 6.54 Å². The molecule has 0 radical (unpaired) electrons. The van der Waals surface area contributed by atoms with Crippen molar-refractivity contribution < 1.29 is 19.4 Å². The summed E-state index contributed by atoms with van der Waals surface area (Å²) in [6, 6.07) is 5.75. The van der Waals surface area contributed by atoms with Crippen LogP contribution in [0.3, 0.4) is 0 Å². The summed E-state index contributed by atoms with van der Waals surface area (Å²) in [5.41, 5.74) is 1.38. The molecule has 1 heterocycles. The van der Waals surface area contributed by atoms with Gasteiger partial charge >= 0.3 is 12.0 Å². The van der Waals surface area contributed by atoms with Crippen LogP contribution in [0.4, 0.5) is 10.5 Å². The van der Waals surface area contributed by atoms with Gasteiger partial charge in [0.25, 0.3) is 0 Å². The Morgan fingerprint density at radius 3 is 2.76 bits per heavy atom. The normalized spacial score (nSPS) is 9.95. The zero-order valence-corrected chi connectivity index (χ0v) is 12.1. The maximum absolute atomic E-state index is 11.8. The fraction of sp³-hybridized carbons (Fsp3) is 0.143. The Kier molecular flexibility index (Phi) is 4.78. The number of benzene rings is 1. The number of carbonyl (C=O) groups excluding carboxylic acids is 1. The molecule has 6 nitrogen and oxygen atoms in total. The van der Waals surface area contributed by atoms with Crippen LogP contribution < -0.4 is 15.4 Å². The second-order valence-corrected chi connectivity index (χ2v) is 4.94. The van der Waals surface area contributed by atoms with Gasteiger partial charge in [-0.15, -0.1) is 0 Å². The van der Waals surface area contributed by atoms with Crippen LogP contribution in [0, 0.1) is 0 Å². The molecule has 0 atom stereocenters. The summed E-state index contributed by atoms with van der Waals surface area (Å²) in [4.78, 5) is 22.8. The number of thiophene rings is 1. The van der Waals surface area contributed by atoms with E-state index in [1.165, 1.54) is 25.3 Å². The van der Waals surface area contributed by atoms with E-state index in [0.29, 0.717) is 18.0 Å². The second kappa shape index (κ2) is 6.76. The van der Waals surface area contributed by atoms with E-state index in [1.807, 2.05) is 16.8 Å². The Labute approximate surface area is 125 Å². The van der Waals surface area contributed by atoms with E-state index in [-0.39, 0.29) is 5.56 Å². The van der Waals surface area contributed by atoms with Crippen molar-refractivity contribution in [1.82, 2.24) is 5.32 Å². The van der Waals surface area contributed by atoms with E-state index in [4.69, 9.17) is 9.84 Å². The molecule has 0 fully saturated rings. The molecule has 0 bridgehead atoms. The first kappa shape index (κ1) is 14.9. The molecule has 21 heavy (non-hydrogen) atoms. The first-order valence-electron chi connectivity index (χ1n) is 6.07. The summed E-state index contributed by atoms with van der Waals surface area (Å²) < 4.78 is 5.10. The molecular weight excluding hydrogens is 292 g/mol. The van der Waals surface area contributed by atoms with Crippen molar-refractivity contribution in [2.24, 2.45) is 0 Å². The van der Waals surface area contributed by atoms with Gasteiger partial charge in [0.1, 0.15) is 5.75 Å². The molecule has 0 aliphatic rings. The Morgan fingerprint density at radius 1 is 1.33 bits per heavy atom. The van der Waals surface area contributed by atoms with Gasteiger partial charge in [-0.2, -0.15) is 11.3 Å². The van der Waals surface area contributed by atoms with Crippen LogP contribution in [0.5, 0.6) is 5.75 Å². The molecule has 0 aliphatic carbocycles. The van der Waals surface area contributed by atoms with Gasteiger partial charge in [0.05, 0.1) is 18.4 Å². The van der Waals surface area contributed by atoms with Crippen molar-refractivity contribution in [2.75, 3.05) is 12.4 Å². The number of hydrogen-bond acceptors (Lipinski definition) is 4. The van der Waals surface area contributed by atoms with Crippen molar-refractivity contribution in [1.29, 1.82) is 0 Å². The van der Waals surface area contributed by atoms with Crippen LogP contribution in [0.2, 0.25) is 0 Å². The lowest BCUT2D eigenvalue weighted by Gasteiger charge is -2.11. The van der Waals surface area contributed by atoms with Crippen molar-refractivity contribution in [3.05, 3.63) is 46.2 Å². The first-order chi connectivity index (χ1) is 10.1. The minimum Gasteiger partial charge on any atom is -0.495 e. The number of ether oxygens (including phenoxy) is 1. The van der Waals surface area contributed by atoms with E-state index in [9.17, 15) is 9.59 Å². The third-order valence-electron chi connectivity index (χ3n) is 2.73. The molecule has 7 heteroatoms. The molecule has 1 aromatic carbocycles. The molecular formula is C14H14N2O4S. The molecule has 2 rings (SSSR count).